The molecule has 1 aliphatic heterocycles. The third kappa shape index (κ3) is 5.11. The number of hydrogen-bond acceptors (Lipinski definition) is 5. The van der Waals surface area contributed by atoms with Crippen molar-refractivity contribution in [1.29, 1.82) is 0 Å². The zero-order chi connectivity index (χ0) is 25.0. The number of ether oxygens (including phenoxy) is 1. The number of rotatable bonds is 6. The molecule has 1 saturated carbocycles. The highest BCUT2D eigenvalue weighted by Gasteiger charge is 2.56. The van der Waals surface area contributed by atoms with E-state index in [1.54, 1.807) is 7.11 Å². The van der Waals surface area contributed by atoms with Gasteiger partial charge in [-0.1, -0.05) is 46.7 Å². The quantitative estimate of drug-likeness (QED) is 0.406. The molecular formula is C26H45NO4Si2. The molecule has 1 aliphatic carbocycles. The second kappa shape index (κ2) is 8.81. The van der Waals surface area contributed by atoms with E-state index in [2.05, 4.69) is 91.9 Å². The summed E-state index contributed by atoms with van der Waals surface area (Å²) in [6.45, 7) is 25.1. The van der Waals surface area contributed by atoms with Crippen LogP contribution in [-0.4, -0.2) is 47.8 Å². The van der Waals surface area contributed by atoms with Crippen LogP contribution >= 0.6 is 0 Å². The van der Waals surface area contributed by atoms with Gasteiger partial charge in [-0.2, -0.15) is 0 Å². The molecule has 0 aromatic heterocycles. The summed E-state index contributed by atoms with van der Waals surface area (Å²) in [5, 5.41) is 4.89. The van der Waals surface area contributed by atoms with E-state index < -0.39 is 16.6 Å². The van der Waals surface area contributed by atoms with Crippen molar-refractivity contribution in [2.24, 2.45) is 11.1 Å². The smallest absolute Gasteiger partial charge is 0.192 e. The molecule has 4 atom stereocenters. The molecular weight excluding hydrogens is 446 g/mol. The Kier molecular flexibility index (Phi) is 7.06. The molecule has 0 N–H and O–H groups in total. The summed E-state index contributed by atoms with van der Waals surface area (Å²) in [5.41, 5.74) is 3.16. The standard InChI is InChI=1S/C26H45NO4Si2/c1-17-15-18(13-14-19(17)28-8)23-22-20(30-32(9,10)25(2,3)4)16-21(24(22)29-27-23)31-33(11,12)26(5,6)7/h13-15,20-22,24H,16H2,1-12H3/t20-,21+,22?,24?/m0/s1. The van der Waals surface area contributed by atoms with Crippen LogP contribution in [0.3, 0.4) is 0 Å². The maximum Gasteiger partial charge on any atom is 0.192 e. The van der Waals surface area contributed by atoms with Crippen molar-refractivity contribution in [1.82, 2.24) is 0 Å². The minimum atomic E-state index is -1.99. The first-order valence-electron chi connectivity index (χ1n) is 12.2. The van der Waals surface area contributed by atoms with E-state index >= 15 is 0 Å². The number of methoxy groups -OCH3 is 1. The molecule has 0 spiro atoms. The van der Waals surface area contributed by atoms with Crippen molar-refractivity contribution in [2.75, 3.05) is 7.11 Å². The Balaban J connectivity index is 1.96. The van der Waals surface area contributed by atoms with Gasteiger partial charge in [0.15, 0.2) is 22.7 Å². The molecule has 1 aromatic rings. The van der Waals surface area contributed by atoms with Gasteiger partial charge < -0.3 is 18.4 Å². The lowest BCUT2D eigenvalue weighted by atomic mass is 9.92. The maximum atomic E-state index is 7.02. The van der Waals surface area contributed by atoms with Crippen molar-refractivity contribution in [3.63, 3.8) is 0 Å². The number of fused-ring (bicyclic) bond motifs is 1. The highest BCUT2D eigenvalue weighted by atomic mass is 28.4. The molecule has 186 valence electrons. The molecule has 0 saturated heterocycles. The molecule has 0 radical (unpaired) electrons. The average Bonchev–Trinajstić information content (AvgIpc) is 3.21. The average molecular weight is 492 g/mol. The van der Waals surface area contributed by atoms with Gasteiger partial charge in [0, 0.05) is 12.0 Å². The van der Waals surface area contributed by atoms with Crippen LogP contribution < -0.4 is 4.74 Å². The first-order valence-corrected chi connectivity index (χ1v) is 18.0. The van der Waals surface area contributed by atoms with Crippen LogP contribution in [0.4, 0.5) is 0 Å². The first-order chi connectivity index (χ1) is 15.0. The predicted molar refractivity (Wildman–Crippen MR) is 141 cm³/mol. The zero-order valence-electron chi connectivity index (χ0n) is 22.8. The van der Waals surface area contributed by atoms with E-state index in [0.717, 1.165) is 29.0 Å². The Bertz CT molecular complexity index is 899. The number of benzene rings is 1. The van der Waals surface area contributed by atoms with Crippen molar-refractivity contribution >= 4 is 22.3 Å². The molecule has 33 heavy (non-hydrogen) atoms. The van der Waals surface area contributed by atoms with Crippen molar-refractivity contribution in [3.8, 4) is 5.75 Å². The van der Waals surface area contributed by atoms with Crippen molar-refractivity contribution in [3.05, 3.63) is 29.3 Å². The van der Waals surface area contributed by atoms with Gasteiger partial charge >= 0.3 is 0 Å². The summed E-state index contributed by atoms with van der Waals surface area (Å²) < 4.78 is 19.4. The van der Waals surface area contributed by atoms with Crippen molar-refractivity contribution < 1.29 is 18.4 Å². The zero-order valence-corrected chi connectivity index (χ0v) is 24.8. The van der Waals surface area contributed by atoms with E-state index in [1.807, 2.05) is 6.07 Å². The van der Waals surface area contributed by atoms with E-state index in [9.17, 15) is 0 Å². The van der Waals surface area contributed by atoms with Gasteiger partial charge in [-0.3, -0.25) is 0 Å². The number of oxime groups is 1. The molecule has 5 nitrogen and oxygen atoms in total. The highest BCUT2D eigenvalue weighted by molar-refractivity contribution is 6.74. The largest absolute Gasteiger partial charge is 0.496 e. The summed E-state index contributed by atoms with van der Waals surface area (Å²) >= 11 is 0. The van der Waals surface area contributed by atoms with E-state index in [-0.39, 0.29) is 34.3 Å². The number of aryl methyl sites for hydroxylation is 1. The van der Waals surface area contributed by atoms with Crippen LogP contribution in [0.1, 0.15) is 59.1 Å². The normalized spacial score (nSPS) is 26.1. The van der Waals surface area contributed by atoms with Gasteiger partial charge in [-0.05, 0) is 67.0 Å². The Morgan fingerprint density at radius 2 is 1.45 bits per heavy atom. The first kappa shape index (κ1) is 26.4. The second-order valence-electron chi connectivity index (χ2n) is 12.8. The van der Waals surface area contributed by atoms with Crippen molar-refractivity contribution in [2.45, 2.75) is 109 Å². The fourth-order valence-electron chi connectivity index (χ4n) is 4.23. The molecule has 3 rings (SSSR count). The maximum absolute atomic E-state index is 7.02. The molecule has 2 aliphatic rings. The fraction of sp³-hybridized carbons (Fsp3) is 0.731. The topological polar surface area (TPSA) is 49.3 Å². The molecule has 1 heterocycles. The van der Waals surface area contributed by atoms with Gasteiger partial charge in [0.25, 0.3) is 0 Å². The van der Waals surface area contributed by atoms with Gasteiger partial charge in [-0.15, -0.1) is 0 Å². The summed E-state index contributed by atoms with van der Waals surface area (Å²) in [6, 6.07) is 6.25. The van der Waals surface area contributed by atoms with E-state index in [0.29, 0.717) is 0 Å². The Hall–Kier alpha value is -1.16. The van der Waals surface area contributed by atoms with Crippen LogP contribution in [-0.2, 0) is 13.7 Å². The summed E-state index contributed by atoms with van der Waals surface area (Å²) in [6.07, 6.45) is 0.773. The van der Waals surface area contributed by atoms with Crippen LogP contribution in [0.15, 0.2) is 23.4 Å². The van der Waals surface area contributed by atoms with Gasteiger partial charge in [0.05, 0.1) is 30.9 Å². The Labute approximate surface area is 203 Å². The second-order valence-corrected chi connectivity index (χ2v) is 22.3. The highest BCUT2D eigenvalue weighted by Crippen LogP contribution is 2.47. The lowest BCUT2D eigenvalue weighted by Crippen LogP contribution is -2.46. The summed E-state index contributed by atoms with van der Waals surface area (Å²) in [7, 11) is -2.25. The van der Waals surface area contributed by atoms with Crippen LogP contribution in [0.2, 0.25) is 36.3 Å². The molecule has 0 amide bonds. The van der Waals surface area contributed by atoms with Gasteiger partial charge in [0.1, 0.15) is 5.75 Å². The fourth-order valence-corrected chi connectivity index (χ4v) is 6.92. The summed E-state index contributed by atoms with van der Waals surface area (Å²) in [5.74, 6) is 0.955. The minimum Gasteiger partial charge on any atom is -0.496 e. The number of hydrogen-bond donors (Lipinski definition) is 0. The number of nitrogens with zero attached hydrogens (tertiary/aromatic N) is 1. The molecule has 2 unspecified atom stereocenters. The predicted octanol–water partition coefficient (Wildman–Crippen LogP) is 6.91. The Morgan fingerprint density at radius 3 is 1.94 bits per heavy atom. The van der Waals surface area contributed by atoms with Crippen LogP contribution in [0.25, 0.3) is 0 Å². The molecule has 0 bridgehead atoms. The summed E-state index contributed by atoms with van der Waals surface area (Å²) in [4.78, 5) is 6.13. The monoisotopic (exact) mass is 491 g/mol. The molecule has 1 fully saturated rings. The van der Waals surface area contributed by atoms with E-state index in [1.165, 1.54) is 0 Å². The van der Waals surface area contributed by atoms with Gasteiger partial charge in [-0.25, -0.2) is 0 Å². The lowest BCUT2D eigenvalue weighted by Gasteiger charge is -2.40. The molecule has 1 aromatic carbocycles. The Morgan fingerprint density at radius 1 is 0.909 bits per heavy atom. The SMILES string of the molecule is COc1ccc(C2=NOC3C2[C@@H](O[Si](C)(C)C(C)(C)C)C[C@H]3O[Si](C)(C)C(C)(C)C)cc1C. The third-order valence-electron chi connectivity index (χ3n) is 8.37. The third-order valence-corrected chi connectivity index (χ3v) is 17.4. The molecule has 7 heteroatoms. The van der Waals surface area contributed by atoms with E-state index in [4.69, 9.17) is 18.4 Å². The van der Waals surface area contributed by atoms with Crippen LogP contribution in [0, 0.1) is 12.8 Å². The lowest BCUT2D eigenvalue weighted by molar-refractivity contribution is -0.00536. The van der Waals surface area contributed by atoms with Crippen LogP contribution in [0.5, 0.6) is 5.75 Å². The van der Waals surface area contributed by atoms with Gasteiger partial charge in [0.2, 0.25) is 0 Å². The minimum absolute atomic E-state index is 0.00810.